The molecule has 0 amide bonds. The lowest BCUT2D eigenvalue weighted by Crippen LogP contribution is -2.37. The van der Waals surface area contributed by atoms with Crippen LogP contribution in [0.3, 0.4) is 0 Å². The van der Waals surface area contributed by atoms with E-state index in [-0.39, 0.29) is 6.04 Å². The van der Waals surface area contributed by atoms with Gasteiger partial charge in [0.1, 0.15) is 0 Å². The van der Waals surface area contributed by atoms with E-state index in [0.717, 1.165) is 10.0 Å². The summed E-state index contributed by atoms with van der Waals surface area (Å²) >= 11 is 9.38. The molecular formula is C10H15BrClN3. The average molecular weight is 293 g/mol. The zero-order valence-corrected chi connectivity index (χ0v) is 11.1. The number of nitrogens with two attached hydrogens (primary N) is 1. The van der Waals surface area contributed by atoms with Gasteiger partial charge in [-0.1, -0.05) is 17.7 Å². The summed E-state index contributed by atoms with van der Waals surface area (Å²) < 4.78 is 0.897. The van der Waals surface area contributed by atoms with Crippen molar-refractivity contribution in [3.63, 3.8) is 0 Å². The molecule has 15 heavy (non-hydrogen) atoms. The molecule has 0 aliphatic rings. The van der Waals surface area contributed by atoms with Gasteiger partial charge in [-0.2, -0.15) is 0 Å². The molecule has 3 nitrogen and oxygen atoms in total. The van der Waals surface area contributed by atoms with Gasteiger partial charge in [0.25, 0.3) is 0 Å². The molecule has 1 aromatic carbocycles. The van der Waals surface area contributed by atoms with E-state index in [0.29, 0.717) is 11.6 Å². The largest absolute Gasteiger partial charge is 0.329 e. The van der Waals surface area contributed by atoms with Crippen molar-refractivity contribution >= 4 is 27.5 Å². The van der Waals surface area contributed by atoms with Crippen LogP contribution in [0.2, 0.25) is 5.02 Å². The first-order chi connectivity index (χ1) is 7.04. The van der Waals surface area contributed by atoms with Gasteiger partial charge >= 0.3 is 0 Å². The summed E-state index contributed by atoms with van der Waals surface area (Å²) in [5, 5.41) is 2.58. The summed E-state index contributed by atoms with van der Waals surface area (Å²) in [6.45, 7) is 0.524. The van der Waals surface area contributed by atoms with E-state index in [1.54, 1.807) is 0 Å². The van der Waals surface area contributed by atoms with Gasteiger partial charge in [0.2, 0.25) is 0 Å². The van der Waals surface area contributed by atoms with Crippen LogP contribution in [0.15, 0.2) is 22.7 Å². The maximum Gasteiger partial charge on any atom is 0.0587 e. The van der Waals surface area contributed by atoms with Crippen LogP contribution in [0, 0.1) is 0 Å². The zero-order valence-electron chi connectivity index (χ0n) is 8.80. The molecule has 1 atom stereocenters. The van der Waals surface area contributed by atoms with Crippen LogP contribution in [-0.2, 0) is 0 Å². The third kappa shape index (κ3) is 3.74. The Morgan fingerprint density at radius 2 is 2.20 bits per heavy atom. The van der Waals surface area contributed by atoms with Crippen LogP contribution in [0.4, 0.5) is 0 Å². The Morgan fingerprint density at radius 1 is 1.53 bits per heavy atom. The van der Waals surface area contributed by atoms with E-state index >= 15 is 0 Å². The number of nitrogens with one attached hydrogen (secondary N) is 1. The number of benzene rings is 1. The summed E-state index contributed by atoms with van der Waals surface area (Å²) in [6, 6.07) is 5.94. The fourth-order valence-corrected chi connectivity index (χ4v) is 1.74. The second kappa shape index (κ2) is 5.82. The van der Waals surface area contributed by atoms with E-state index in [2.05, 4.69) is 21.4 Å². The van der Waals surface area contributed by atoms with Crippen LogP contribution in [-0.4, -0.2) is 25.6 Å². The highest BCUT2D eigenvalue weighted by atomic mass is 79.9. The standard InChI is InChI=1S/C10H15BrClN3/c1-15(2)14-10(6-13)7-3-4-8(11)9(12)5-7/h3-5,10,14H,6,13H2,1-2H3. The molecule has 84 valence electrons. The van der Waals surface area contributed by atoms with Crippen LogP contribution in [0.25, 0.3) is 0 Å². The molecule has 5 heteroatoms. The second-order valence-electron chi connectivity index (χ2n) is 3.49. The minimum Gasteiger partial charge on any atom is -0.329 e. The van der Waals surface area contributed by atoms with E-state index in [4.69, 9.17) is 17.3 Å². The molecule has 0 aromatic heterocycles. The molecule has 0 saturated heterocycles. The summed E-state index contributed by atoms with van der Waals surface area (Å²) in [4.78, 5) is 0. The first-order valence-corrected chi connectivity index (χ1v) is 5.80. The molecular weight excluding hydrogens is 277 g/mol. The minimum absolute atomic E-state index is 0.0885. The molecule has 1 aromatic rings. The summed E-state index contributed by atoms with van der Waals surface area (Å²) in [5.74, 6) is 0. The van der Waals surface area contributed by atoms with Crippen molar-refractivity contribution in [3.8, 4) is 0 Å². The van der Waals surface area contributed by atoms with Crippen molar-refractivity contribution in [1.29, 1.82) is 0 Å². The van der Waals surface area contributed by atoms with Gasteiger partial charge in [0, 0.05) is 25.1 Å². The van der Waals surface area contributed by atoms with Gasteiger partial charge < -0.3 is 5.73 Å². The van der Waals surface area contributed by atoms with Crippen LogP contribution in [0.1, 0.15) is 11.6 Å². The maximum atomic E-state index is 6.02. The summed E-state index contributed by atoms with van der Waals surface area (Å²) in [7, 11) is 3.87. The van der Waals surface area contributed by atoms with Gasteiger partial charge in [0.15, 0.2) is 0 Å². The smallest absolute Gasteiger partial charge is 0.0587 e. The molecule has 0 radical (unpaired) electrons. The predicted octanol–water partition coefficient (Wildman–Crippen LogP) is 2.17. The molecule has 0 bridgehead atoms. The van der Waals surface area contributed by atoms with E-state index in [1.165, 1.54) is 0 Å². The summed E-state index contributed by atoms with van der Waals surface area (Å²) in [5.41, 5.74) is 10.0. The lowest BCUT2D eigenvalue weighted by atomic mass is 10.1. The molecule has 0 aliphatic heterocycles. The Morgan fingerprint density at radius 3 is 2.67 bits per heavy atom. The Bertz CT molecular complexity index is 330. The highest BCUT2D eigenvalue weighted by Gasteiger charge is 2.11. The molecule has 0 saturated carbocycles. The second-order valence-corrected chi connectivity index (χ2v) is 4.75. The molecule has 3 N–H and O–H groups in total. The predicted molar refractivity (Wildman–Crippen MR) is 67.8 cm³/mol. The lowest BCUT2D eigenvalue weighted by Gasteiger charge is -2.22. The first kappa shape index (κ1) is 12.9. The van der Waals surface area contributed by atoms with E-state index < -0.39 is 0 Å². The van der Waals surface area contributed by atoms with Crippen molar-refractivity contribution < 1.29 is 0 Å². The van der Waals surface area contributed by atoms with Crippen LogP contribution < -0.4 is 11.2 Å². The summed E-state index contributed by atoms with van der Waals surface area (Å²) in [6.07, 6.45) is 0. The highest BCUT2D eigenvalue weighted by molar-refractivity contribution is 9.10. The Hall–Kier alpha value is -0.130. The fraction of sp³-hybridized carbons (Fsp3) is 0.400. The maximum absolute atomic E-state index is 6.02. The fourth-order valence-electron chi connectivity index (χ4n) is 1.30. The third-order valence-electron chi connectivity index (χ3n) is 2.00. The first-order valence-electron chi connectivity index (χ1n) is 4.63. The van der Waals surface area contributed by atoms with Crippen LogP contribution in [0.5, 0.6) is 0 Å². The lowest BCUT2D eigenvalue weighted by molar-refractivity contribution is 0.245. The van der Waals surface area contributed by atoms with E-state index in [1.807, 2.05) is 37.3 Å². The normalized spacial score (nSPS) is 13.2. The molecule has 1 unspecified atom stereocenters. The molecule has 0 fully saturated rings. The molecule has 0 aliphatic carbocycles. The van der Waals surface area contributed by atoms with Crippen molar-refractivity contribution in [3.05, 3.63) is 33.3 Å². The number of halogens is 2. The average Bonchev–Trinajstić information content (AvgIpc) is 2.18. The van der Waals surface area contributed by atoms with E-state index in [9.17, 15) is 0 Å². The monoisotopic (exact) mass is 291 g/mol. The molecule has 1 rings (SSSR count). The number of nitrogens with zero attached hydrogens (tertiary/aromatic N) is 1. The van der Waals surface area contributed by atoms with Gasteiger partial charge in [-0.3, -0.25) is 0 Å². The molecule has 0 heterocycles. The van der Waals surface area contributed by atoms with Gasteiger partial charge in [-0.05, 0) is 33.6 Å². The SMILES string of the molecule is CN(C)NC(CN)c1ccc(Br)c(Cl)c1. The Kier molecular flexibility index (Phi) is 5.02. The number of hydrazine groups is 1. The van der Waals surface area contributed by atoms with Crippen molar-refractivity contribution in [2.75, 3.05) is 20.6 Å². The zero-order chi connectivity index (χ0) is 11.4. The Balaban J connectivity index is 2.87. The van der Waals surface area contributed by atoms with Crippen molar-refractivity contribution in [2.24, 2.45) is 5.73 Å². The van der Waals surface area contributed by atoms with Crippen molar-refractivity contribution in [1.82, 2.24) is 10.4 Å². The van der Waals surface area contributed by atoms with Crippen LogP contribution >= 0.6 is 27.5 Å². The third-order valence-corrected chi connectivity index (χ3v) is 3.23. The van der Waals surface area contributed by atoms with Gasteiger partial charge in [-0.25, -0.2) is 10.4 Å². The minimum atomic E-state index is 0.0885. The van der Waals surface area contributed by atoms with Gasteiger partial charge in [0.05, 0.1) is 11.1 Å². The van der Waals surface area contributed by atoms with Crippen molar-refractivity contribution in [2.45, 2.75) is 6.04 Å². The quantitative estimate of drug-likeness (QED) is 0.836. The molecule has 0 spiro atoms. The highest BCUT2D eigenvalue weighted by Crippen LogP contribution is 2.25. The number of hydrogen-bond donors (Lipinski definition) is 2. The van der Waals surface area contributed by atoms with Gasteiger partial charge in [-0.15, -0.1) is 0 Å². The number of hydrogen-bond acceptors (Lipinski definition) is 3. The Labute approximate surface area is 104 Å². The number of rotatable bonds is 4. The topological polar surface area (TPSA) is 41.3 Å².